The van der Waals surface area contributed by atoms with Gasteiger partial charge in [-0.2, -0.15) is 0 Å². The molecule has 16 heavy (non-hydrogen) atoms. The highest BCUT2D eigenvalue weighted by atomic mass is 79.9. The molecule has 0 aliphatic rings. The number of hydrogen-bond donors (Lipinski definition) is 2. The van der Waals surface area contributed by atoms with E-state index in [4.69, 9.17) is 9.84 Å². The molecule has 0 aliphatic carbocycles. The molecule has 1 rings (SSSR count). The van der Waals surface area contributed by atoms with Crippen molar-refractivity contribution in [3.8, 4) is 0 Å². The Balaban J connectivity index is 3.23. The summed E-state index contributed by atoms with van der Waals surface area (Å²) in [6, 6.07) is 2.70. The second-order valence-corrected chi connectivity index (χ2v) is 4.06. The number of carbonyl (C=O) groups is 1. The standard InChI is InChI=1S/C10H10BrFO4/c1-16-4-5-2-6(11)3-7(8(5)12)9(13)10(14)15/h2-3,9,13H,4H2,1H3,(H,14,15). The molecule has 4 nitrogen and oxygen atoms in total. The molecule has 1 aromatic rings. The second kappa shape index (κ2) is 5.38. The molecule has 2 N–H and O–H groups in total. The van der Waals surface area contributed by atoms with Gasteiger partial charge in [-0.15, -0.1) is 0 Å². The molecular weight excluding hydrogens is 283 g/mol. The summed E-state index contributed by atoms with van der Waals surface area (Å²) in [5.41, 5.74) is -0.0962. The second-order valence-electron chi connectivity index (χ2n) is 3.14. The summed E-state index contributed by atoms with van der Waals surface area (Å²) < 4.78 is 19.0. The van der Waals surface area contributed by atoms with E-state index in [1.807, 2.05) is 0 Å². The number of methoxy groups -OCH3 is 1. The van der Waals surface area contributed by atoms with Gasteiger partial charge in [0.1, 0.15) is 5.82 Å². The summed E-state index contributed by atoms with van der Waals surface area (Å²) in [6.07, 6.45) is -1.88. The Morgan fingerprint density at radius 1 is 1.62 bits per heavy atom. The molecule has 0 amide bonds. The van der Waals surface area contributed by atoms with E-state index in [1.54, 1.807) is 0 Å². The monoisotopic (exact) mass is 292 g/mol. The Morgan fingerprint density at radius 2 is 2.25 bits per heavy atom. The molecule has 0 fully saturated rings. The minimum absolute atomic E-state index is 0.00458. The molecule has 0 aromatic heterocycles. The predicted molar refractivity (Wildman–Crippen MR) is 57.4 cm³/mol. The van der Waals surface area contributed by atoms with E-state index in [1.165, 1.54) is 19.2 Å². The van der Waals surface area contributed by atoms with E-state index < -0.39 is 17.9 Å². The van der Waals surface area contributed by atoms with E-state index in [0.29, 0.717) is 4.47 Å². The molecule has 1 atom stereocenters. The number of benzene rings is 1. The van der Waals surface area contributed by atoms with Crippen LogP contribution in [-0.4, -0.2) is 23.3 Å². The highest BCUT2D eigenvalue weighted by molar-refractivity contribution is 9.10. The Hall–Kier alpha value is -0.980. The zero-order valence-corrected chi connectivity index (χ0v) is 9.99. The SMILES string of the molecule is COCc1cc(Br)cc(C(O)C(=O)O)c1F. The predicted octanol–water partition coefficient (Wildman–Crippen LogP) is 1.85. The highest BCUT2D eigenvalue weighted by Gasteiger charge is 2.22. The minimum Gasteiger partial charge on any atom is -0.479 e. The Labute approximate surface area is 99.8 Å². The number of ether oxygens (including phenoxy) is 1. The Morgan fingerprint density at radius 3 is 2.75 bits per heavy atom. The third-order valence-corrected chi connectivity index (χ3v) is 2.43. The van der Waals surface area contributed by atoms with Gasteiger partial charge in [-0.25, -0.2) is 9.18 Å². The lowest BCUT2D eigenvalue weighted by atomic mass is 10.1. The third-order valence-electron chi connectivity index (χ3n) is 1.97. The van der Waals surface area contributed by atoms with Crippen LogP contribution in [0.2, 0.25) is 0 Å². The van der Waals surface area contributed by atoms with Crippen LogP contribution in [-0.2, 0) is 16.1 Å². The van der Waals surface area contributed by atoms with Crippen molar-refractivity contribution in [2.45, 2.75) is 12.7 Å². The van der Waals surface area contributed by atoms with Gasteiger partial charge < -0.3 is 14.9 Å². The number of aliphatic carboxylic acids is 1. The van der Waals surface area contributed by atoms with Crippen LogP contribution in [0.25, 0.3) is 0 Å². The molecule has 0 saturated heterocycles. The van der Waals surface area contributed by atoms with E-state index in [0.717, 1.165) is 0 Å². The molecule has 0 bridgehead atoms. The van der Waals surface area contributed by atoms with Gasteiger partial charge in [0.15, 0.2) is 6.10 Å². The van der Waals surface area contributed by atoms with Gasteiger partial charge in [0.25, 0.3) is 0 Å². The largest absolute Gasteiger partial charge is 0.479 e. The summed E-state index contributed by atoms with van der Waals surface area (Å²) in [4.78, 5) is 10.6. The zero-order chi connectivity index (χ0) is 12.3. The normalized spacial score (nSPS) is 12.5. The third kappa shape index (κ3) is 2.78. The van der Waals surface area contributed by atoms with Crippen LogP contribution in [0, 0.1) is 5.82 Å². The number of carboxylic acid groups (broad SMARTS) is 1. The first-order valence-electron chi connectivity index (χ1n) is 4.35. The van der Waals surface area contributed by atoms with Crippen molar-refractivity contribution in [2.75, 3.05) is 7.11 Å². The van der Waals surface area contributed by atoms with Crippen molar-refractivity contribution in [3.63, 3.8) is 0 Å². The Bertz CT molecular complexity index is 408. The van der Waals surface area contributed by atoms with Crippen LogP contribution >= 0.6 is 15.9 Å². The zero-order valence-electron chi connectivity index (χ0n) is 8.41. The number of rotatable bonds is 4. The highest BCUT2D eigenvalue weighted by Crippen LogP contribution is 2.25. The van der Waals surface area contributed by atoms with Gasteiger partial charge in [-0.3, -0.25) is 0 Å². The number of aliphatic hydroxyl groups is 1. The number of halogens is 2. The van der Waals surface area contributed by atoms with Gasteiger partial charge in [-0.1, -0.05) is 15.9 Å². The number of aliphatic hydroxyl groups excluding tert-OH is 1. The summed E-state index contributed by atoms with van der Waals surface area (Å²) >= 11 is 3.11. The lowest BCUT2D eigenvalue weighted by Crippen LogP contribution is -2.13. The molecule has 0 radical (unpaired) electrons. The van der Waals surface area contributed by atoms with Gasteiger partial charge >= 0.3 is 5.97 Å². The number of carboxylic acids is 1. The maximum atomic E-state index is 13.7. The maximum absolute atomic E-state index is 13.7. The fraction of sp³-hybridized carbons (Fsp3) is 0.300. The van der Waals surface area contributed by atoms with Gasteiger partial charge in [0.05, 0.1) is 6.61 Å². The topological polar surface area (TPSA) is 66.8 Å². The van der Waals surface area contributed by atoms with E-state index in [2.05, 4.69) is 15.9 Å². The first-order valence-corrected chi connectivity index (χ1v) is 5.14. The minimum atomic E-state index is -1.88. The molecule has 6 heteroatoms. The smallest absolute Gasteiger partial charge is 0.337 e. The van der Waals surface area contributed by atoms with Crippen LogP contribution in [0.1, 0.15) is 17.2 Å². The summed E-state index contributed by atoms with van der Waals surface area (Å²) in [7, 11) is 1.40. The van der Waals surface area contributed by atoms with Gasteiger partial charge in [0.2, 0.25) is 0 Å². The fourth-order valence-electron chi connectivity index (χ4n) is 1.26. The fourth-order valence-corrected chi connectivity index (χ4v) is 1.78. The average Bonchev–Trinajstić information content (AvgIpc) is 2.22. The van der Waals surface area contributed by atoms with Crippen molar-refractivity contribution >= 4 is 21.9 Å². The lowest BCUT2D eigenvalue weighted by Gasteiger charge is -2.11. The summed E-state index contributed by atoms with van der Waals surface area (Å²) in [5, 5.41) is 17.9. The van der Waals surface area contributed by atoms with Crippen molar-refractivity contribution in [1.29, 1.82) is 0 Å². The Kier molecular flexibility index (Phi) is 4.40. The first-order chi connectivity index (χ1) is 7.47. The molecule has 0 aliphatic heterocycles. The van der Waals surface area contributed by atoms with Crippen LogP contribution in [0.15, 0.2) is 16.6 Å². The van der Waals surface area contributed by atoms with Crippen LogP contribution in [0.3, 0.4) is 0 Å². The number of hydrogen-bond acceptors (Lipinski definition) is 3. The molecule has 88 valence electrons. The van der Waals surface area contributed by atoms with Crippen molar-refractivity contribution in [3.05, 3.63) is 33.5 Å². The molecule has 0 saturated carbocycles. The van der Waals surface area contributed by atoms with Crippen molar-refractivity contribution in [2.24, 2.45) is 0 Å². The van der Waals surface area contributed by atoms with Crippen molar-refractivity contribution in [1.82, 2.24) is 0 Å². The summed E-state index contributed by atoms with van der Waals surface area (Å²) in [6.45, 7) is 0.00458. The van der Waals surface area contributed by atoms with E-state index in [-0.39, 0.29) is 17.7 Å². The van der Waals surface area contributed by atoms with Crippen molar-refractivity contribution < 1.29 is 24.1 Å². The van der Waals surface area contributed by atoms with Crippen LogP contribution in [0.5, 0.6) is 0 Å². The maximum Gasteiger partial charge on any atom is 0.337 e. The average molecular weight is 293 g/mol. The van der Waals surface area contributed by atoms with Gasteiger partial charge in [-0.05, 0) is 12.1 Å². The molecular formula is C10H10BrFO4. The quantitative estimate of drug-likeness (QED) is 0.889. The molecule has 0 spiro atoms. The first kappa shape index (κ1) is 13.1. The van der Waals surface area contributed by atoms with Crippen LogP contribution < -0.4 is 0 Å². The van der Waals surface area contributed by atoms with E-state index >= 15 is 0 Å². The molecule has 0 heterocycles. The molecule has 1 aromatic carbocycles. The van der Waals surface area contributed by atoms with E-state index in [9.17, 15) is 14.3 Å². The molecule has 1 unspecified atom stereocenters. The van der Waals surface area contributed by atoms with Crippen LogP contribution in [0.4, 0.5) is 4.39 Å². The van der Waals surface area contributed by atoms with Gasteiger partial charge in [0, 0.05) is 22.7 Å². The lowest BCUT2D eigenvalue weighted by molar-refractivity contribution is -0.147. The summed E-state index contributed by atoms with van der Waals surface area (Å²) in [5.74, 6) is -2.26.